The van der Waals surface area contributed by atoms with Crippen LogP contribution in [0, 0.1) is 0 Å². The van der Waals surface area contributed by atoms with Crippen molar-refractivity contribution >= 4 is 17.8 Å². The van der Waals surface area contributed by atoms with Gasteiger partial charge in [-0.1, -0.05) is 12.1 Å². The Labute approximate surface area is 170 Å². The minimum atomic E-state index is -0.357. The number of benzene rings is 2. The normalized spacial score (nSPS) is 11.1. The van der Waals surface area contributed by atoms with Gasteiger partial charge in [0, 0.05) is 25.3 Å². The zero-order valence-corrected chi connectivity index (χ0v) is 17.0. The van der Waals surface area contributed by atoms with Crippen LogP contribution in [0.3, 0.4) is 0 Å². The highest BCUT2D eigenvalue weighted by Crippen LogP contribution is 2.22. The van der Waals surface area contributed by atoms with E-state index < -0.39 is 0 Å². The fourth-order valence-corrected chi connectivity index (χ4v) is 2.65. The Bertz CT molecular complexity index is 973. The predicted molar refractivity (Wildman–Crippen MR) is 116 cm³/mol. The van der Waals surface area contributed by atoms with E-state index in [0.29, 0.717) is 11.4 Å². The molecule has 3 aromatic rings. The molecule has 3 rings (SSSR count). The van der Waals surface area contributed by atoms with Gasteiger partial charge in [-0.25, -0.2) is 5.43 Å². The number of ether oxygens (including phenoxy) is 1. The molecule has 0 bridgehead atoms. The topological polar surface area (TPSA) is 82.6 Å². The number of nitrogens with zero attached hydrogens (tertiary/aromatic N) is 3. The van der Waals surface area contributed by atoms with Crippen molar-refractivity contribution in [2.24, 2.45) is 5.10 Å². The Hall–Kier alpha value is -3.61. The molecule has 0 aliphatic rings. The van der Waals surface area contributed by atoms with Gasteiger partial charge in [-0.05, 0) is 61.9 Å². The molecule has 0 spiro atoms. The van der Waals surface area contributed by atoms with Gasteiger partial charge in [-0.2, -0.15) is 10.2 Å². The molecule has 0 saturated heterocycles. The van der Waals surface area contributed by atoms with Gasteiger partial charge in [-0.15, -0.1) is 0 Å². The molecule has 0 unspecified atom stereocenters. The fraction of sp³-hybridized carbons (Fsp3) is 0.227. The van der Waals surface area contributed by atoms with E-state index in [2.05, 4.69) is 20.7 Å². The van der Waals surface area contributed by atoms with Crippen molar-refractivity contribution in [3.63, 3.8) is 0 Å². The highest BCUT2D eigenvalue weighted by Gasteiger charge is 2.10. The van der Waals surface area contributed by atoms with Crippen molar-refractivity contribution in [3.8, 4) is 17.0 Å². The molecule has 1 aromatic heterocycles. The highest BCUT2D eigenvalue weighted by molar-refractivity contribution is 5.94. The van der Waals surface area contributed by atoms with Gasteiger partial charge in [0.25, 0.3) is 5.91 Å². The molecule has 0 saturated carbocycles. The van der Waals surface area contributed by atoms with Gasteiger partial charge in [-0.3, -0.25) is 9.89 Å². The summed E-state index contributed by atoms with van der Waals surface area (Å²) >= 11 is 0. The second-order valence-corrected chi connectivity index (χ2v) is 7.04. The summed E-state index contributed by atoms with van der Waals surface area (Å²) in [6, 6.07) is 17.1. The zero-order valence-electron chi connectivity index (χ0n) is 17.0. The number of amides is 1. The summed E-state index contributed by atoms with van der Waals surface area (Å²) in [5, 5.41) is 11.0. The molecular formula is C22H25N5O2. The molecule has 2 aromatic carbocycles. The summed E-state index contributed by atoms with van der Waals surface area (Å²) in [4.78, 5) is 14.3. The molecule has 0 aliphatic heterocycles. The lowest BCUT2D eigenvalue weighted by Gasteiger charge is -2.11. The van der Waals surface area contributed by atoms with Crippen LogP contribution in [-0.2, 0) is 0 Å². The smallest absolute Gasteiger partial charge is 0.289 e. The van der Waals surface area contributed by atoms with Crippen molar-refractivity contribution in [1.82, 2.24) is 15.6 Å². The molecule has 150 valence electrons. The Balaban J connectivity index is 1.60. The number of aromatic nitrogens is 2. The van der Waals surface area contributed by atoms with Gasteiger partial charge in [0.1, 0.15) is 11.4 Å². The van der Waals surface area contributed by atoms with Gasteiger partial charge in [0.05, 0.1) is 18.0 Å². The average molecular weight is 391 g/mol. The molecule has 1 heterocycles. The average Bonchev–Trinajstić information content (AvgIpc) is 3.19. The maximum atomic E-state index is 12.3. The predicted octanol–water partition coefficient (Wildman–Crippen LogP) is 3.69. The highest BCUT2D eigenvalue weighted by atomic mass is 16.5. The van der Waals surface area contributed by atoms with Crippen LogP contribution in [0.15, 0.2) is 59.7 Å². The Morgan fingerprint density at radius 3 is 2.45 bits per heavy atom. The van der Waals surface area contributed by atoms with Crippen LogP contribution in [0.4, 0.5) is 5.69 Å². The van der Waals surface area contributed by atoms with E-state index in [-0.39, 0.29) is 12.0 Å². The lowest BCUT2D eigenvalue weighted by Crippen LogP contribution is -2.18. The van der Waals surface area contributed by atoms with E-state index in [9.17, 15) is 4.79 Å². The number of aromatic amines is 1. The fourth-order valence-electron chi connectivity index (χ4n) is 2.65. The summed E-state index contributed by atoms with van der Waals surface area (Å²) in [5.41, 5.74) is 6.40. The first-order valence-corrected chi connectivity index (χ1v) is 9.35. The monoisotopic (exact) mass is 391 g/mol. The molecular weight excluding hydrogens is 366 g/mol. The SMILES string of the molecule is CC(C)Oc1ccc(-c2cc(C(=O)N/N=C\c3ccc(N(C)C)cc3)[nH]n2)cc1. The van der Waals surface area contributed by atoms with Crippen molar-refractivity contribution in [2.45, 2.75) is 20.0 Å². The van der Waals surface area contributed by atoms with Crippen LogP contribution in [0.2, 0.25) is 0 Å². The van der Waals surface area contributed by atoms with E-state index in [1.165, 1.54) is 0 Å². The molecule has 0 radical (unpaired) electrons. The maximum absolute atomic E-state index is 12.3. The van der Waals surface area contributed by atoms with Crippen LogP contribution in [0.5, 0.6) is 5.75 Å². The van der Waals surface area contributed by atoms with Crippen molar-refractivity contribution in [3.05, 3.63) is 65.9 Å². The third-order valence-electron chi connectivity index (χ3n) is 4.13. The number of carbonyl (C=O) groups excluding carboxylic acids is 1. The lowest BCUT2D eigenvalue weighted by atomic mass is 10.1. The van der Waals surface area contributed by atoms with Crippen LogP contribution in [0.1, 0.15) is 29.9 Å². The van der Waals surface area contributed by atoms with Crippen LogP contribution in [0.25, 0.3) is 11.3 Å². The number of anilines is 1. The molecule has 29 heavy (non-hydrogen) atoms. The van der Waals surface area contributed by atoms with Gasteiger partial charge in [0.2, 0.25) is 0 Å². The standard InChI is InChI=1S/C22H25N5O2/c1-15(2)29-19-11-7-17(8-12-19)20-13-21(25-24-20)22(28)26-23-14-16-5-9-18(10-6-16)27(3)4/h5-15H,1-4H3,(H,24,25)(H,26,28)/b23-14-. The summed E-state index contributed by atoms with van der Waals surface area (Å²) in [5.74, 6) is 0.440. The van der Waals surface area contributed by atoms with Crippen molar-refractivity contribution in [2.75, 3.05) is 19.0 Å². The summed E-state index contributed by atoms with van der Waals surface area (Å²) < 4.78 is 5.64. The van der Waals surface area contributed by atoms with E-state index in [4.69, 9.17) is 4.74 Å². The number of carbonyl (C=O) groups is 1. The van der Waals surface area contributed by atoms with E-state index >= 15 is 0 Å². The molecule has 0 fully saturated rings. The number of H-pyrrole nitrogens is 1. The molecule has 2 N–H and O–H groups in total. The van der Waals surface area contributed by atoms with Crippen molar-refractivity contribution < 1.29 is 9.53 Å². The van der Waals surface area contributed by atoms with Gasteiger partial charge < -0.3 is 9.64 Å². The quantitative estimate of drug-likeness (QED) is 0.475. The van der Waals surface area contributed by atoms with E-state index in [0.717, 1.165) is 22.6 Å². The first kappa shape index (κ1) is 20.1. The zero-order chi connectivity index (χ0) is 20.8. The van der Waals surface area contributed by atoms with E-state index in [1.807, 2.05) is 81.4 Å². The lowest BCUT2D eigenvalue weighted by molar-refractivity contribution is 0.0950. The minimum absolute atomic E-state index is 0.119. The minimum Gasteiger partial charge on any atom is -0.491 e. The van der Waals surface area contributed by atoms with E-state index in [1.54, 1.807) is 12.3 Å². The van der Waals surface area contributed by atoms with Crippen LogP contribution in [-0.4, -0.2) is 42.5 Å². The largest absolute Gasteiger partial charge is 0.491 e. The molecule has 0 aliphatic carbocycles. The number of hydrazone groups is 1. The van der Waals surface area contributed by atoms with Crippen molar-refractivity contribution in [1.29, 1.82) is 0 Å². The van der Waals surface area contributed by atoms with Gasteiger partial charge in [0.15, 0.2) is 0 Å². The Morgan fingerprint density at radius 2 is 1.83 bits per heavy atom. The number of hydrogen-bond donors (Lipinski definition) is 2. The van der Waals surface area contributed by atoms with Gasteiger partial charge >= 0.3 is 0 Å². The molecule has 1 amide bonds. The van der Waals surface area contributed by atoms with Crippen LogP contribution < -0.4 is 15.1 Å². The maximum Gasteiger partial charge on any atom is 0.289 e. The summed E-state index contributed by atoms with van der Waals surface area (Å²) in [6.45, 7) is 3.96. The molecule has 7 nitrogen and oxygen atoms in total. The number of hydrogen-bond acceptors (Lipinski definition) is 5. The third-order valence-corrected chi connectivity index (χ3v) is 4.13. The number of nitrogens with one attached hydrogen (secondary N) is 2. The molecule has 0 atom stereocenters. The Kier molecular flexibility index (Phi) is 6.29. The summed E-state index contributed by atoms with van der Waals surface area (Å²) in [6.07, 6.45) is 1.72. The Morgan fingerprint density at radius 1 is 1.14 bits per heavy atom. The first-order valence-electron chi connectivity index (χ1n) is 9.35. The second-order valence-electron chi connectivity index (χ2n) is 7.04. The third kappa shape index (κ3) is 5.44. The first-order chi connectivity index (χ1) is 13.9. The van der Waals surface area contributed by atoms with Crippen LogP contribution >= 0.6 is 0 Å². The molecule has 7 heteroatoms. The second kappa shape index (κ2) is 9.05. The number of rotatable bonds is 7. The summed E-state index contributed by atoms with van der Waals surface area (Å²) in [7, 11) is 3.96.